The monoisotopic (exact) mass is 432 g/mol. The molecule has 0 saturated heterocycles. The molecule has 7 heteroatoms. The molecular formula is C20H21BrN2O4. The van der Waals surface area contributed by atoms with Crippen molar-refractivity contribution in [1.82, 2.24) is 10.6 Å². The van der Waals surface area contributed by atoms with Gasteiger partial charge in [-0.15, -0.1) is 0 Å². The summed E-state index contributed by atoms with van der Waals surface area (Å²) in [6.45, 7) is 2.03. The van der Waals surface area contributed by atoms with E-state index in [1.54, 1.807) is 18.2 Å². The molecule has 0 aliphatic carbocycles. The summed E-state index contributed by atoms with van der Waals surface area (Å²) in [6.07, 6.45) is 1.70. The van der Waals surface area contributed by atoms with Crippen LogP contribution in [0.2, 0.25) is 0 Å². The predicted molar refractivity (Wildman–Crippen MR) is 105 cm³/mol. The maximum atomic E-state index is 12.2. The van der Waals surface area contributed by atoms with Crippen molar-refractivity contribution in [3.63, 3.8) is 0 Å². The number of aryl methyl sites for hydroxylation is 1. The Hall–Kier alpha value is -2.54. The Morgan fingerprint density at radius 3 is 2.63 bits per heavy atom. The Kier molecular flexibility index (Phi) is 6.34. The molecule has 0 aromatic heterocycles. The summed E-state index contributed by atoms with van der Waals surface area (Å²) in [7, 11) is 0. The molecule has 142 valence electrons. The fourth-order valence-electron chi connectivity index (χ4n) is 2.73. The van der Waals surface area contributed by atoms with Gasteiger partial charge in [0.05, 0.1) is 6.54 Å². The maximum Gasteiger partial charge on any atom is 0.251 e. The third kappa shape index (κ3) is 5.47. The second-order valence-electron chi connectivity index (χ2n) is 6.38. The lowest BCUT2D eigenvalue weighted by Gasteiger charge is -2.14. The summed E-state index contributed by atoms with van der Waals surface area (Å²) < 4.78 is 11.5. The summed E-state index contributed by atoms with van der Waals surface area (Å²) in [5, 5.41) is 5.53. The molecule has 1 atom stereocenters. The molecule has 0 radical (unpaired) electrons. The number of nitrogens with one attached hydrogen (secondary N) is 2. The molecule has 0 fully saturated rings. The Labute approximate surface area is 166 Å². The van der Waals surface area contributed by atoms with Crippen molar-refractivity contribution < 1.29 is 19.1 Å². The van der Waals surface area contributed by atoms with E-state index in [2.05, 4.69) is 38.7 Å². The summed E-state index contributed by atoms with van der Waals surface area (Å²) in [5.74, 6) is 0.607. The number of rotatable bonds is 7. The van der Waals surface area contributed by atoms with Crippen LogP contribution < -0.4 is 20.1 Å². The number of fused-ring (bicyclic) bond motifs is 1. The van der Waals surface area contributed by atoms with E-state index in [4.69, 9.17) is 9.47 Å². The van der Waals surface area contributed by atoms with Crippen molar-refractivity contribution in [3.8, 4) is 11.5 Å². The molecule has 2 aromatic rings. The number of ether oxygens (including phenoxy) is 2. The molecule has 0 bridgehead atoms. The molecule has 2 amide bonds. The van der Waals surface area contributed by atoms with Gasteiger partial charge >= 0.3 is 0 Å². The highest BCUT2D eigenvalue weighted by molar-refractivity contribution is 9.10. The molecular weight excluding hydrogens is 412 g/mol. The first kappa shape index (κ1) is 19.2. The van der Waals surface area contributed by atoms with Crippen molar-refractivity contribution >= 4 is 27.7 Å². The van der Waals surface area contributed by atoms with Gasteiger partial charge in [0, 0.05) is 16.1 Å². The second-order valence-corrected chi connectivity index (χ2v) is 7.30. The predicted octanol–water partition coefficient (Wildman–Crippen LogP) is 3.05. The largest absolute Gasteiger partial charge is 0.454 e. The molecule has 27 heavy (non-hydrogen) atoms. The van der Waals surface area contributed by atoms with E-state index >= 15 is 0 Å². The molecule has 1 unspecified atom stereocenters. The molecule has 2 aromatic carbocycles. The van der Waals surface area contributed by atoms with Crippen molar-refractivity contribution in [3.05, 3.63) is 58.1 Å². The van der Waals surface area contributed by atoms with Gasteiger partial charge in [-0.1, -0.05) is 28.1 Å². The first-order chi connectivity index (χ1) is 13.0. The molecule has 0 spiro atoms. The van der Waals surface area contributed by atoms with E-state index in [0.29, 0.717) is 17.1 Å². The van der Waals surface area contributed by atoms with Crippen LogP contribution in [0.1, 0.15) is 29.3 Å². The summed E-state index contributed by atoms with van der Waals surface area (Å²) in [4.78, 5) is 24.2. The number of hydrogen-bond donors (Lipinski definition) is 2. The minimum absolute atomic E-state index is 0.0172. The fourth-order valence-corrected chi connectivity index (χ4v) is 3.00. The minimum atomic E-state index is -0.328. The molecule has 1 heterocycles. The highest BCUT2D eigenvalue weighted by Gasteiger charge is 2.17. The Bertz CT molecular complexity index is 823. The summed E-state index contributed by atoms with van der Waals surface area (Å²) in [6, 6.07) is 13.1. The zero-order valence-corrected chi connectivity index (χ0v) is 16.5. The zero-order chi connectivity index (χ0) is 19.2. The summed E-state index contributed by atoms with van der Waals surface area (Å²) in [5.41, 5.74) is 1.64. The first-order valence-corrected chi connectivity index (χ1v) is 9.52. The van der Waals surface area contributed by atoms with Crippen LogP contribution in [0.15, 0.2) is 46.9 Å². The molecule has 3 rings (SSSR count). The number of halogens is 1. The Balaban J connectivity index is 1.40. The number of benzene rings is 2. The van der Waals surface area contributed by atoms with E-state index < -0.39 is 0 Å². The zero-order valence-electron chi connectivity index (χ0n) is 15.0. The van der Waals surface area contributed by atoms with Gasteiger partial charge in [-0.25, -0.2) is 0 Å². The highest BCUT2D eigenvalue weighted by atomic mass is 79.9. The van der Waals surface area contributed by atoms with Crippen molar-refractivity contribution in [2.24, 2.45) is 0 Å². The lowest BCUT2D eigenvalue weighted by atomic mass is 10.1. The average molecular weight is 433 g/mol. The van der Waals surface area contributed by atoms with E-state index in [1.807, 2.05) is 19.1 Å². The number of hydrogen-bond acceptors (Lipinski definition) is 4. The molecule has 1 aliphatic rings. The SMILES string of the molecule is CC(CCc1ccc(Br)cc1)NC(=O)CNC(=O)c1ccc2c(c1)OCO2. The normalized spacial score (nSPS) is 13.1. The number of amides is 2. The second kappa shape index (κ2) is 8.90. The third-order valence-corrected chi connectivity index (χ3v) is 4.76. The smallest absolute Gasteiger partial charge is 0.251 e. The molecule has 0 saturated carbocycles. The molecule has 6 nitrogen and oxygen atoms in total. The quantitative estimate of drug-likeness (QED) is 0.704. The van der Waals surface area contributed by atoms with Crippen LogP contribution in [0.5, 0.6) is 11.5 Å². The van der Waals surface area contributed by atoms with Crippen LogP contribution in [0.3, 0.4) is 0 Å². The lowest BCUT2D eigenvalue weighted by Crippen LogP contribution is -2.41. The van der Waals surface area contributed by atoms with E-state index in [1.165, 1.54) is 5.56 Å². The average Bonchev–Trinajstić information content (AvgIpc) is 3.13. The Morgan fingerprint density at radius 1 is 1.11 bits per heavy atom. The number of carbonyl (C=O) groups is 2. The fraction of sp³-hybridized carbons (Fsp3) is 0.300. The van der Waals surface area contributed by atoms with Crippen molar-refractivity contribution in [2.45, 2.75) is 25.8 Å². The van der Waals surface area contributed by atoms with Crippen LogP contribution in [-0.4, -0.2) is 31.2 Å². The summed E-state index contributed by atoms with van der Waals surface area (Å²) >= 11 is 3.41. The van der Waals surface area contributed by atoms with Gasteiger partial charge in [0.2, 0.25) is 12.7 Å². The van der Waals surface area contributed by atoms with Gasteiger partial charge in [0.15, 0.2) is 11.5 Å². The van der Waals surface area contributed by atoms with E-state index in [0.717, 1.165) is 17.3 Å². The van der Waals surface area contributed by atoms with E-state index in [9.17, 15) is 9.59 Å². The number of carbonyl (C=O) groups excluding carboxylic acids is 2. The standard InChI is InChI=1S/C20H21BrN2O4/c1-13(2-3-14-4-7-16(21)8-5-14)23-19(24)11-22-20(25)15-6-9-17-18(10-15)27-12-26-17/h4-10,13H,2-3,11-12H2,1H3,(H,22,25)(H,23,24). The molecule has 2 N–H and O–H groups in total. The van der Waals surface area contributed by atoms with Crippen molar-refractivity contribution in [2.75, 3.05) is 13.3 Å². The van der Waals surface area contributed by atoms with Gasteiger partial charge < -0.3 is 20.1 Å². The topological polar surface area (TPSA) is 76.7 Å². The van der Waals surface area contributed by atoms with Gasteiger partial charge in [0.25, 0.3) is 5.91 Å². The molecule has 1 aliphatic heterocycles. The maximum absolute atomic E-state index is 12.2. The van der Waals surface area contributed by atoms with Crippen LogP contribution in [0, 0.1) is 0 Å². The first-order valence-electron chi connectivity index (χ1n) is 8.73. The van der Waals surface area contributed by atoms with Crippen LogP contribution in [0.25, 0.3) is 0 Å². The van der Waals surface area contributed by atoms with Gasteiger partial charge in [-0.3, -0.25) is 9.59 Å². The lowest BCUT2D eigenvalue weighted by molar-refractivity contribution is -0.120. The third-order valence-electron chi connectivity index (χ3n) is 4.23. The van der Waals surface area contributed by atoms with Crippen molar-refractivity contribution in [1.29, 1.82) is 0 Å². The van der Waals surface area contributed by atoms with E-state index in [-0.39, 0.29) is 31.2 Å². The van der Waals surface area contributed by atoms with Gasteiger partial charge in [-0.05, 0) is 55.7 Å². The van der Waals surface area contributed by atoms with Crippen LogP contribution >= 0.6 is 15.9 Å². The highest BCUT2D eigenvalue weighted by Crippen LogP contribution is 2.32. The minimum Gasteiger partial charge on any atom is -0.454 e. The van der Waals surface area contributed by atoms with Gasteiger partial charge in [-0.2, -0.15) is 0 Å². The van der Waals surface area contributed by atoms with Gasteiger partial charge in [0.1, 0.15) is 0 Å². The van der Waals surface area contributed by atoms with Crippen LogP contribution in [0.4, 0.5) is 0 Å². The van der Waals surface area contributed by atoms with Crippen LogP contribution in [-0.2, 0) is 11.2 Å². The Morgan fingerprint density at radius 2 is 1.85 bits per heavy atom.